The Balaban J connectivity index is 2.13. The lowest BCUT2D eigenvalue weighted by atomic mass is 10.2. The van der Waals surface area contributed by atoms with Gasteiger partial charge in [0.15, 0.2) is 0 Å². The summed E-state index contributed by atoms with van der Waals surface area (Å²) in [6, 6.07) is 7.33. The fraction of sp³-hybridized carbons (Fsp3) is 0.308. The Morgan fingerprint density at radius 2 is 2.00 bits per heavy atom. The molecule has 19 heavy (non-hydrogen) atoms. The van der Waals surface area contributed by atoms with Crippen LogP contribution in [0, 0.1) is 0 Å². The molecule has 0 fully saturated rings. The second-order valence-electron chi connectivity index (χ2n) is 3.97. The van der Waals surface area contributed by atoms with Crippen molar-refractivity contribution in [1.82, 2.24) is 10.2 Å². The smallest absolute Gasteiger partial charge is 0.277 e. The zero-order chi connectivity index (χ0) is 13.8. The molecule has 1 aromatic carbocycles. The number of ether oxygens (including phenoxy) is 1. The lowest BCUT2D eigenvalue weighted by Crippen LogP contribution is -2.07. The summed E-state index contributed by atoms with van der Waals surface area (Å²) >= 11 is 1.26. The average molecular weight is 278 g/mol. The molecule has 0 saturated heterocycles. The maximum Gasteiger partial charge on any atom is 0.277 e. The van der Waals surface area contributed by atoms with E-state index in [1.807, 2.05) is 31.2 Å². The minimum Gasteiger partial charge on any atom is -0.497 e. The quantitative estimate of drug-likeness (QED) is 0.783. The minimum absolute atomic E-state index is 0.0780. The molecule has 0 radical (unpaired) electrons. The van der Waals surface area contributed by atoms with Gasteiger partial charge in [-0.15, -0.1) is 10.2 Å². The number of aromatic nitrogens is 2. The van der Waals surface area contributed by atoms with Gasteiger partial charge in [-0.3, -0.25) is 4.79 Å². The molecule has 0 saturated carbocycles. The van der Waals surface area contributed by atoms with Crippen molar-refractivity contribution in [1.29, 1.82) is 0 Å². The molecule has 0 aliphatic rings. The van der Waals surface area contributed by atoms with E-state index in [1.165, 1.54) is 11.8 Å². The second-order valence-corrected chi connectivity index (χ2v) is 5.26. The first-order chi connectivity index (χ1) is 9.10. The first kappa shape index (κ1) is 13.6. The first-order valence-corrected chi connectivity index (χ1v) is 6.63. The van der Waals surface area contributed by atoms with Gasteiger partial charge in [0.25, 0.3) is 5.22 Å². The zero-order valence-corrected chi connectivity index (χ0v) is 11.7. The Labute approximate surface area is 115 Å². The van der Waals surface area contributed by atoms with E-state index in [0.717, 1.165) is 11.3 Å². The first-order valence-electron chi connectivity index (χ1n) is 5.75. The maximum absolute atomic E-state index is 11.2. The summed E-state index contributed by atoms with van der Waals surface area (Å²) in [5.74, 6) is 1.28. The normalized spacial score (nSPS) is 12.2. The standard InChI is InChI=1S/C13H14N2O3S/c1-8(16)9(2)19-13-15-14-12(18-13)10-4-6-11(17-3)7-5-10/h4-7,9H,1-3H3. The average Bonchev–Trinajstić information content (AvgIpc) is 2.87. The molecule has 0 spiro atoms. The number of benzene rings is 1. The number of Topliss-reactive ketones (excluding diaryl/α,β-unsaturated/α-hetero) is 1. The van der Waals surface area contributed by atoms with Crippen molar-refractivity contribution in [2.75, 3.05) is 7.11 Å². The van der Waals surface area contributed by atoms with Crippen LogP contribution in [0.25, 0.3) is 11.5 Å². The SMILES string of the molecule is COc1ccc(-c2nnc(SC(C)C(C)=O)o2)cc1. The van der Waals surface area contributed by atoms with Crippen molar-refractivity contribution in [3.8, 4) is 17.2 Å². The highest BCUT2D eigenvalue weighted by Crippen LogP contribution is 2.27. The highest BCUT2D eigenvalue weighted by atomic mass is 32.2. The minimum atomic E-state index is -0.191. The van der Waals surface area contributed by atoms with Crippen molar-refractivity contribution >= 4 is 17.5 Å². The van der Waals surface area contributed by atoms with E-state index in [-0.39, 0.29) is 11.0 Å². The summed E-state index contributed by atoms with van der Waals surface area (Å²) in [7, 11) is 1.61. The predicted octanol–water partition coefficient (Wildman–Crippen LogP) is 2.81. The second kappa shape index (κ2) is 5.88. The number of hydrogen-bond donors (Lipinski definition) is 0. The van der Waals surface area contributed by atoms with E-state index in [4.69, 9.17) is 9.15 Å². The van der Waals surface area contributed by atoms with Gasteiger partial charge in [0.05, 0.1) is 12.4 Å². The molecule has 1 atom stereocenters. The summed E-state index contributed by atoms with van der Waals surface area (Å²) in [5, 5.41) is 8.09. The van der Waals surface area contributed by atoms with Crippen LogP contribution in [0.3, 0.4) is 0 Å². The van der Waals surface area contributed by atoms with E-state index in [9.17, 15) is 4.79 Å². The molecule has 0 N–H and O–H groups in total. The molecular weight excluding hydrogens is 264 g/mol. The number of hydrogen-bond acceptors (Lipinski definition) is 6. The van der Waals surface area contributed by atoms with E-state index in [0.29, 0.717) is 11.1 Å². The summed E-state index contributed by atoms with van der Waals surface area (Å²) in [4.78, 5) is 11.2. The van der Waals surface area contributed by atoms with Gasteiger partial charge < -0.3 is 9.15 Å². The molecule has 5 nitrogen and oxygen atoms in total. The molecule has 0 bridgehead atoms. The van der Waals surface area contributed by atoms with Gasteiger partial charge >= 0.3 is 0 Å². The number of thioether (sulfide) groups is 1. The Morgan fingerprint density at radius 3 is 2.58 bits per heavy atom. The van der Waals surface area contributed by atoms with Gasteiger partial charge in [-0.2, -0.15) is 0 Å². The Hall–Kier alpha value is -1.82. The lowest BCUT2D eigenvalue weighted by Gasteiger charge is -2.01. The molecule has 1 aromatic heterocycles. The van der Waals surface area contributed by atoms with Crippen molar-refractivity contribution in [3.63, 3.8) is 0 Å². The summed E-state index contributed by atoms with van der Waals surface area (Å²) in [6.07, 6.45) is 0. The molecule has 2 aromatic rings. The molecule has 0 aliphatic heterocycles. The van der Waals surface area contributed by atoms with Crippen LogP contribution in [0.15, 0.2) is 33.9 Å². The third kappa shape index (κ3) is 3.35. The van der Waals surface area contributed by atoms with E-state index < -0.39 is 0 Å². The highest BCUT2D eigenvalue weighted by molar-refractivity contribution is 8.00. The van der Waals surface area contributed by atoms with E-state index in [1.54, 1.807) is 14.0 Å². The number of nitrogens with zero attached hydrogens (tertiary/aromatic N) is 2. The number of ketones is 1. The van der Waals surface area contributed by atoms with Gasteiger partial charge in [0.2, 0.25) is 5.89 Å². The largest absolute Gasteiger partial charge is 0.497 e. The van der Waals surface area contributed by atoms with Crippen molar-refractivity contribution < 1.29 is 13.9 Å². The topological polar surface area (TPSA) is 65.2 Å². The molecule has 6 heteroatoms. The fourth-order valence-corrected chi connectivity index (χ4v) is 2.03. The van der Waals surface area contributed by atoms with Gasteiger partial charge in [0.1, 0.15) is 11.5 Å². The fourth-order valence-electron chi connectivity index (χ4n) is 1.34. The third-order valence-corrected chi connectivity index (χ3v) is 3.65. The molecule has 0 amide bonds. The maximum atomic E-state index is 11.2. The highest BCUT2D eigenvalue weighted by Gasteiger charge is 2.15. The van der Waals surface area contributed by atoms with E-state index >= 15 is 0 Å². The molecule has 1 unspecified atom stereocenters. The molecule has 100 valence electrons. The van der Waals surface area contributed by atoms with Gasteiger partial charge in [-0.05, 0) is 38.1 Å². The van der Waals surface area contributed by atoms with Crippen LogP contribution in [-0.2, 0) is 4.79 Å². The predicted molar refractivity (Wildman–Crippen MR) is 72.3 cm³/mol. The number of carbonyl (C=O) groups is 1. The van der Waals surface area contributed by atoms with Crippen LogP contribution in [0.5, 0.6) is 5.75 Å². The molecule has 0 aliphatic carbocycles. The van der Waals surface area contributed by atoms with Crippen LogP contribution in [-0.4, -0.2) is 28.3 Å². The van der Waals surface area contributed by atoms with Crippen LogP contribution < -0.4 is 4.74 Å². The summed E-state index contributed by atoms with van der Waals surface area (Å²) in [6.45, 7) is 3.35. The van der Waals surface area contributed by atoms with Gasteiger partial charge in [-0.25, -0.2) is 0 Å². The van der Waals surface area contributed by atoms with Crippen molar-refractivity contribution in [3.05, 3.63) is 24.3 Å². The van der Waals surface area contributed by atoms with E-state index in [2.05, 4.69) is 10.2 Å². The number of rotatable bonds is 5. The molecular formula is C13H14N2O3S. The number of carbonyl (C=O) groups excluding carboxylic acids is 1. The Bertz CT molecular complexity index is 566. The summed E-state index contributed by atoms with van der Waals surface area (Å²) in [5.41, 5.74) is 0.815. The monoisotopic (exact) mass is 278 g/mol. The van der Waals surface area contributed by atoms with Gasteiger partial charge in [0, 0.05) is 5.56 Å². The van der Waals surface area contributed by atoms with Gasteiger partial charge in [-0.1, -0.05) is 11.8 Å². The number of methoxy groups -OCH3 is 1. The lowest BCUT2D eigenvalue weighted by molar-refractivity contribution is -0.116. The molecule has 1 heterocycles. The molecule has 2 rings (SSSR count). The zero-order valence-electron chi connectivity index (χ0n) is 10.9. The summed E-state index contributed by atoms with van der Waals surface area (Å²) < 4.78 is 10.6. The Morgan fingerprint density at radius 1 is 1.32 bits per heavy atom. The van der Waals surface area contributed by atoms with Crippen molar-refractivity contribution in [2.45, 2.75) is 24.3 Å². The van der Waals surface area contributed by atoms with Crippen molar-refractivity contribution in [2.24, 2.45) is 0 Å². The van der Waals surface area contributed by atoms with Crippen LogP contribution in [0.4, 0.5) is 0 Å². The van der Waals surface area contributed by atoms with Crippen LogP contribution in [0.2, 0.25) is 0 Å². The van der Waals surface area contributed by atoms with Crippen LogP contribution in [0.1, 0.15) is 13.8 Å². The van der Waals surface area contributed by atoms with Crippen LogP contribution >= 0.6 is 11.8 Å². The third-order valence-electron chi connectivity index (χ3n) is 2.59. The Kier molecular flexibility index (Phi) is 4.21.